The molecule has 0 fully saturated rings. The quantitative estimate of drug-likeness (QED) is 0.549. The van der Waals surface area contributed by atoms with Gasteiger partial charge in [0, 0.05) is 22.8 Å². The maximum absolute atomic E-state index is 12.0. The van der Waals surface area contributed by atoms with Crippen LogP contribution in [0.5, 0.6) is 0 Å². The van der Waals surface area contributed by atoms with Gasteiger partial charge in [0.15, 0.2) is 9.84 Å². The summed E-state index contributed by atoms with van der Waals surface area (Å²) >= 11 is 2.38. The van der Waals surface area contributed by atoms with Crippen LogP contribution in [0.4, 0.5) is 0 Å². The molecule has 8 heteroatoms. The molecule has 0 bridgehead atoms. The summed E-state index contributed by atoms with van der Waals surface area (Å²) in [6.07, 6.45) is 1.15. The first-order valence-electron chi connectivity index (χ1n) is 6.56. The van der Waals surface area contributed by atoms with Gasteiger partial charge in [-0.25, -0.2) is 13.4 Å². The van der Waals surface area contributed by atoms with Crippen molar-refractivity contribution in [1.29, 1.82) is 5.41 Å². The van der Waals surface area contributed by atoms with Crippen LogP contribution in [0.15, 0.2) is 46.0 Å². The first-order chi connectivity index (χ1) is 10.9. The zero-order chi connectivity index (χ0) is 16.6. The van der Waals surface area contributed by atoms with Gasteiger partial charge in [0.1, 0.15) is 15.1 Å². The molecule has 0 aliphatic rings. The molecule has 2 heterocycles. The number of rotatable bonds is 4. The van der Waals surface area contributed by atoms with E-state index in [1.165, 1.54) is 11.3 Å². The highest BCUT2D eigenvalue weighted by molar-refractivity contribution is 7.93. The second-order valence-electron chi connectivity index (χ2n) is 4.90. The van der Waals surface area contributed by atoms with Gasteiger partial charge in [-0.05, 0) is 6.07 Å². The van der Waals surface area contributed by atoms with Crippen molar-refractivity contribution in [3.8, 4) is 21.8 Å². The van der Waals surface area contributed by atoms with Crippen molar-refractivity contribution >= 4 is 38.3 Å². The van der Waals surface area contributed by atoms with Gasteiger partial charge in [0.05, 0.1) is 10.6 Å². The zero-order valence-electron chi connectivity index (χ0n) is 12.1. The highest BCUT2D eigenvalue weighted by atomic mass is 32.2. The Labute approximate surface area is 141 Å². The predicted octanol–water partition coefficient (Wildman–Crippen LogP) is 3.23. The number of nitrogens with zero attached hydrogens (tertiary/aromatic N) is 1. The number of benzene rings is 1. The average Bonchev–Trinajstić information content (AvgIpc) is 3.14. The van der Waals surface area contributed by atoms with Gasteiger partial charge in [-0.15, -0.1) is 22.7 Å². The Balaban J connectivity index is 2.12. The van der Waals surface area contributed by atoms with E-state index < -0.39 is 9.84 Å². The van der Waals surface area contributed by atoms with Gasteiger partial charge >= 0.3 is 0 Å². The van der Waals surface area contributed by atoms with Gasteiger partial charge in [0.2, 0.25) is 0 Å². The van der Waals surface area contributed by atoms with Crippen LogP contribution in [0.2, 0.25) is 0 Å². The Morgan fingerprint density at radius 2 is 1.96 bits per heavy atom. The van der Waals surface area contributed by atoms with Crippen LogP contribution in [0.3, 0.4) is 0 Å². The number of nitrogens with one attached hydrogen (secondary N) is 1. The van der Waals surface area contributed by atoms with E-state index in [0.717, 1.165) is 28.8 Å². The fourth-order valence-electron chi connectivity index (χ4n) is 2.07. The number of aromatic nitrogens is 1. The van der Waals surface area contributed by atoms with Crippen molar-refractivity contribution in [1.82, 2.24) is 4.98 Å². The Morgan fingerprint density at radius 3 is 2.57 bits per heavy atom. The second kappa shape index (κ2) is 5.88. The molecule has 23 heavy (non-hydrogen) atoms. The van der Waals surface area contributed by atoms with Crippen molar-refractivity contribution < 1.29 is 8.42 Å². The van der Waals surface area contributed by atoms with Crippen molar-refractivity contribution in [2.24, 2.45) is 5.73 Å². The van der Waals surface area contributed by atoms with Crippen LogP contribution in [0, 0.1) is 5.41 Å². The summed E-state index contributed by atoms with van der Waals surface area (Å²) < 4.78 is 24.2. The molecule has 0 unspecified atom stereocenters. The third kappa shape index (κ3) is 3.19. The van der Waals surface area contributed by atoms with E-state index in [9.17, 15) is 8.42 Å². The van der Waals surface area contributed by atoms with Gasteiger partial charge < -0.3 is 5.73 Å². The standard InChI is InChI=1S/C15H13N3O2S3/c1-23(19,20)15-10(7-12(22-15)13(16)17)14-18-11(8-21-14)9-5-3-2-4-6-9/h2-8H,1H3,(H3,16,17). The normalized spacial score (nSPS) is 11.5. The van der Waals surface area contributed by atoms with Crippen molar-refractivity contribution in [3.05, 3.63) is 46.7 Å². The molecule has 0 aliphatic carbocycles. The summed E-state index contributed by atoms with van der Waals surface area (Å²) in [5, 5.41) is 10.0. The minimum Gasteiger partial charge on any atom is -0.383 e. The lowest BCUT2D eigenvalue weighted by molar-refractivity contribution is 0.604. The lowest BCUT2D eigenvalue weighted by Crippen LogP contribution is -2.08. The van der Waals surface area contributed by atoms with Crippen molar-refractivity contribution in [3.63, 3.8) is 0 Å². The minimum atomic E-state index is -3.42. The maximum Gasteiger partial charge on any atom is 0.185 e. The average molecular weight is 363 g/mol. The molecule has 0 saturated carbocycles. The fraction of sp³-hybridized carbons (Fsp3) is 0.0667. The summed E-state index contributed by atoms with van der Waals surface area (Å²) in [5.41, 5.74) is 7.77. The predicted molar refractivity (Wildman–Crippen MR) is 95.0 cm³/mol. The van der Waals surface area contributed by atoms with E-state index in [0.29, 0.717) is 15.4 Å². The molecule has 0 aliphatic heterocycles. The van der Waals surface area contributed by atoms with E-state index in [1.54, 1.807) is 6.07 Å². The first-order valence-corrected chi connectivity index (χ1v) is 10.1. The molecule has 0 radical (unpaired) electrons. The summed E-state index contributed by atoms with van der Waals surface area (Å²) in [5.74, 6) is -0.147. The molecule has 3 aromatic rings. The van der Waals surface area contributed by atoms with Gasteiger partial charge in [0.25, 0.3) is 0 Å². The zero-order valence-corrected chi connectivity index (χ0v) is 14.6. The summed E-state index contributed by atoms with van der Waals surface area (Å²) in [6, 6.07) is 11.3. The SMILES string of the molecule is CS(=O)(=O)c1sc(C(=N)N)cc1-c1nc(-c2ccccc2)cs1. The lowest BCUT2D eigenvalue weighted by atomic mass is 10.2. The maximum atomic E-state index is 12.0. The number of hydrogen-bond donors (Lipinski definition) is 2. The van der Waals surface area contributed by atoms with Crippen LogP contribution < -0.4 is 5.73 Å². The van der Waals surface area contributed by atoms with E-state index in [2.05, 4.69) is 4.98 Å². The largest absolute Gasteiger partial charge is 0.383 e. The first kappa shape index (κ1) is 15.9. The Bertz CT molecular complexity index is 973. The Kier molecular flexibility index (Phi) is 4.05. The molecule has 2 aromatic heterocycles. The van der Waals surface area contributed by atoms with Crippen LogP contribution >= 0.6 is 22.7 Å². The number of sulfone groups is 1. The summed E-state index contributed by atoms with van der Waals surface area (Å²) in [4.78, 5) is 4.97. The Hall–Kier alpha value is -2.03. The smallest absolute Gasteiger partial charge is 0.185 e. The van der Waals surface area contributed by atoms with E-state index in [4.69, 9.17) is 11.1 Å². The van der Waals surface area contributed by atoms with Crippen molar-refractivity contribution in [2.45, 2.75) is 4.21 Å². The molecule has 3 rings (SSSR count). The third-order valence-corrected chi connectivity index (χ3v) is 6.99. The molecular formula is C15H13N3O2S3. The molecule has 0 spiro atoms. The molecule has 0 amide bonds. The number of thiazole rings is 1. The second-order valence-corrected chi connectivity index (χ2v) is 9.02. The van der Waals surface area contributed by atoms with Crippen LogP contribution in [-0.2, 0) is 9.84 Å². The number of hydrogen-bond acceptors (Lipinski definition) is 6. The number of amidine groups is 1. The molecule has 1 aromatic carbocycles. The van der Waals surface area contributed by atoms with Gasteiger partial charge in [-0.3, -0.25) is 5.41 Å². The fourth-order valence-corrected chi connectivity index (χ4v) is 5.23. The summed E-state index contributed by atoms with van der Waals surface area (Å²) in [7, 11) is -3.42. The Morgan fingerprint density at radius 1 is 1.26 bits per heavy atom. The van der Waals surface area contributed by atoms with Crippen LogP contribution in [-0.4, -0.2) is 25.5 Å². The van der Waals surface area contributed by atoms with E-state index in [1.807, 2.05) is 35.7 Å². The molecule has 118 valence electrons. The number of thiophene rings is 1. The van der Waals surface area contributed by atoms with Crippen molar-refractivity contribution in [2.75, 3.05) is 6.26 Å². The third-order valence-electron chi connectivity index (χ3n) is 3.10. The van der Waals surface area contributed by atoms with E-state index >= 15 is 0 Å². The highest BCUT2D eigenvalue weighted by Gasteiger charge is 2.22. The monoisotopic (exact) mass is 363 g/mol. The van der Waals surface area contributed by atoms with Crippen LogP contribution in [0.25, 0.3) is 21.8 Å². The van der Waals surface area contributed by atoms with E-state index in [-0.39, 0.29) is 10.0 Å². The highest BCUT2D eigenvalue weighted by Crippen LogP contribution is 2.38. The van der Waals surface area contributed by atoms with Crippen LogP contribution in [0.1, 0.15) is 4.88 Å². The topological polar surface area (TPSA) is 96.9 Å². The van der Waals surface area contributed by atoms with Gasteiger partial charge in [-0.1, -0.05) is 30.3 Å². The lowest BCUT2D eigenvalue weighted by Gasteiger charge is -1.98. The summed E-state index contributed by atoms with van der Waals surface area (Å²) in [6.45, 7) is 0. The number of nitrogen functional groups attached to an aromatic ring is 1. The molecule has 0 atom stereocenters. The minimum absolute atomic E-state index is 0.147. The molecule has 5 nitrogen and oxygen atoms in total. The van der Waals surface area contributed by atoms with Gasteiger partial charge in [-0.2, -0.15) is 0 Å². The molecule has 3 N–H and O–H groups in total. The molecular weight excluding hydrogens is 350 g/mol. The number of nitrogens with two attached hydrogens (primary N) is 1. The molecule has 0 saturated heterocycles.